The van der Waals surface area contributed by atoms with Crippen LogP contribution in [-0.2, 0) is 0 Å². The van der Waals surface area contributed by atoms with E-state index < -0.39 is 17.1 Å². The SMILES string of the molecule is COc1cccc(-n2c(=O)n(O)c(=O)c3cc(F)c(N4CCC(N)C4)cc32)c1. The van der Waals surface area contributed by atoms with Crippen LogP contribution in [0.2, 0.25) is 0 Å². The molecule has 1 saturated heterocycles. The van der Waals surface area contributed by atoms with Crippen LogP contribution >= 0.6 is 0 Å². The minimum atomic E-state index is -0.984. The first-order valence-electron chi connectivity index (χ1n) is 8.76. The summed E-state index contributed by atoms with van der Waals surface area (Å²) in [5, 5.41) is 9.85. The van der Waals surface area contributed by atoms with Crippen molar-refractivity contribution in [1.82, 2.24) is 9.30 Å². The average Bonchev–Trinajstić information content (AvgIpc) is 3.13. The first-order chi connectivity index (χ1) is 13.4. The molecule has 8 nitrogen and oxygen atoms in total. The number of hydrogen-bond acceptors (Lipinski definition) is 6. The lowest BCUT2D eigenvalue weighted by atomic mass is 10.1. The smallest absolute Gasteiger partial charge is 0.369 e. The molecule has 1 atom stereocenters. The zero-order valence-electron chi connectivity index (χ0n) is 15.1. The lowest BCUT2D eigenvalue weighted by molar-refractivity contribution is 0.160. The van der Waals surface area contributed by atoms with E-state index in [2.05, 4.69) is 0 Å². The van der Waals surface area contributed by atoms with E-state index in [-0.39, 0.29) is 27.4 Å². The van der Waals surface area contributed by atoms with E-state index in [1.165, 1.54) is 13.2 Å². The fourth-order valence-corrected chi connectivity index (χ4v) is 3.55. The first-order valence-corrected chi connectivity index (χ1v) is 8.76. The minimum absolute atomic E-state index is 0.0211. The van der Waals surface area contributed by atoms with Crippen LogP contribution in [0.4, 0.5) is 10.1 Å². The van der Waals surface area contributed by atoms with Crippen molar-refractivity contribution in [3.05, 3.63) is 63.1 Å². The summed E-state index contributed by atoms with van der Waals surface area (Å²) < 4.78 is 21.1. The van der Waals surface area contributed by atoms with Gasteiger partial charge in [-0.25, -0.2) is 9.18 Å². The number of fused-ring (bicyclic) bond motifs is 1. The van der Waals surface area contributed by atoms with Gasteiger partial charge in [-0.15, -0.1) is 0 Å². The largest absolute Gasteiger partial charge is 0.497 e. The Kier molecular flexibility index (Phi) is 4.31. The third kappa shape index (κ3) is 2.80. The minimum Gasteiger partial charge on any atom is -0.497 e. The predicted molar refractivity (Wildman–Crippen MR) is 102 cm³/mol. The standard InChI is InChI=1S/C19H19FN4O4/c1-28-13-4-2-3-12(7-13)23-16-9-17(22-6-5-11(21)10-22)15(20)8-14(16)18(25)24(27)19(23)26/h2-4,7-9,11,27H,5-6,10,21H2,1H3. The van der Waals surface area contributed by atoms with Crippen molar-refractivity contribution in [3.8, 4) is 11.4 Å². The van der Waals surface area contributed by atoms with Gasteiger partial charge in [-0.1, -0.05) is 10.8 Å². The molecule has 0 spiro atoms. The summed E-state index contributed by atoms with van der Waals surface area (Å²) in [5.41, 5.74) is 4.80. The lowest BCUT2D eigenvalue weighted by Crippen LogP contribution is -2.38. The van der Waals surface area contributed by atoms with Gasteiger partial charge in [0.2, 0.25) is 0 Å². The highest BCUT2D eigenvalue weighted by atomic mass is 19.1. The van der Waals surface area contributed by atoms with E-state index in [0.717, 1.165) is 17.1 Å². The Bertz CT molecular complexity index is 1190. The molecule has 146 valence electrons. The molecule has 3 N–H and O–H groups in total. The van der Waals surface area contributed by atoms with Crippen molar-refractivity contribution in [2.75, 3.05) is 25.1 Å². The van der Waals surface area contributed by atoms with Crippen LogP contribution in [0, 0.1) is 5.82 Å². The Morgan fingerprint density at radius 2 is 2.04 bits per heavy atom. The van der Waals surface area contributed by atoms with E-state index in [0.29, 0.717) is 24.5 Å². The van der Waals surface area contributed by atoms with Gasteiger partial charge in [-0.05, 0) is 30.7 Å². The number of aromatic nitrogens is 2. The van der Waals surface area contributed by atoms with Crippen molar-refractivity contribution in [3.63, 3.8) is 0 Å². The maximum absolute atomic E-state index is 14.7. The van der Waals surface area contributed by atoms with Gasteiger partial charge in [0.05, 0.1) is 29.4 Å². The number of rotatable bonds is 3. The summed E-state index contributed by atoms with van der Waals surface area (Å²) in [5.74, 6) is -0.129. The Hall–Kier alpha value is -3.33. The number of methoxy groups -OCH3 is 1. The van der Waals surface area contributed by atoms with E-state index in [9.17, 15) is 19.2 Å². The summed E-state index contributed by atoms with van der Waals surface area (Å²) in [4.78, 5) is 26.8. The molecule has 3 aromatic rings. The zero-order valence-corrected chi connectivity index (χ0v) is 15.1. The van der Waals surface area contributed by atoms with Crippen LogP contribution < -0.4 is 26.6 Å². The highest BCUT2D eigenvalue weighted by molar-refractivity contribution is 5.84. The van der Waals surface area contributed by atoms with Gasteiger partial charge in [-0.3, -0.25) is 9.36 Å². The number of anilines is 1. The molecule has 0 radical (unpaired) electrons. The zero-order chi connectivity index (χ0) is 20.0. The molecule has 1 aromatic heterocycles. The van der Waals surface area contributed by atoms with Crippen molar-refractivity contribution < 1.29 is 14.3 Å². The van der Waals surface area contributed by atoms with Crippen molar-refractivity contribution in [2.24, 2.45) is 5.73 Å². The van der Waals surface area contributed by atoms with E-state index in [1.807, 2.05) is 0 Å². The third-order valence-electron chi connectivity index (χ3n) is 4.98. The highest BCUT2D eigenvalue weighted by Gasteiger charge is 2.24. The molecule has 0 saturated carbocycles. The molecule has 2 heterocycles. The van der Waals surface area contributed by atoms with Gasteiger partial charge in [0.1, 0.15) is 11.6 Å². The van der Waals surface area contributed by atoms with Gasteiger partial charge in [0.15, 0.2) is 0 Å². The van der Waals surface area contributed by atoms with Gasteiger partial charge in [-0.2, -0.15) is 0 Å². The number of benzene rings is 2. The summed E-state index contributed by atoms with van der Waals surface area (Å²) in [6.07, 6.45) is 0.721. The molecular formula is C19H19FN4O4. The fraction of sp³-hybridized carbons (Fsp3) is 0.263. The Morgan fingerprint density at radius 3 is 2.71 bits per heavy atom. The second kappa shape index (κ2) is 6.68. The lowest BCUT2D eigenvalue weighted by Gasteiger charge is -2.20. The second-order valence-corrected chi connectivity index (χ2v) is 6.75. The molecule has 4 rings (SSSR count). The van der Waals surface area contributed by atoms with Crippen LogP contribution in [0.25, 0.3) is 16.6 Å². The topological polar surface area (TPSA) is 103 Å². The number of nitrogens with two attached hydrogens (primary N) is 1. The van der Waals surface area contributed by atoms with Crippen LogP contribution in [0.15, 0.2) is 46.0 Å². The summed E-state index contributed by atoms with van der Waals surface area (Å²) in [6, 6.07) is 9.00. The van der Waals surface area contributed by atoms with E-state index >= 15 is 0 Å². The quantitative estimate of drug-likeness (QED) is 0.653. The van der Waals surface area contributed by atoms with Gasteiger partial charge < -0.3 is 20.6 Å². The second-order valence-electron chi connectivity index (χ2n) is 6.75. The Labute approximate surface area is 158 Å². The number of ether oxygens (including phenoxy) is 1. The highest BCUT2D eigenvalue weighted by Crippen LogP contribution is 2.28. The molecule has 1 aliphatic heterocycles. The van der Waals surface area contributed by atoms with Crippen LogP contribution in [0.3, 0.4) is 0 Å². The van der Waals surface area contributed by atoms with Gasteiger partial charge >= 0.3 is 5.69 Å². The molecule has 0 aliphatic carbocycles. The van der Waals surface area contributed by atoms with E-state index in [1.54, 1.807) is 29.2 Å². The average molecular weight is 386 g/mol. The Balaban J connectivity index is 2.05. The van der Waals surface area contributed by atoms with Gasteiger partial charge in [0, 0.05) is 25.2 Å². The number of halogens is 1. The molecule has 1 unspecified atom stereocenters. The maximum Gasteiger partial charge on any atom is 0.369 e. The fourth-order valence-electron chi connectivity index (χ4n) is 3.55. The van der Waals surface area contributed by atoms with Crippen molar-refractivity contribution in [2.45, 2.75) is 12.5 Å². The molecule has 0 amide bonds. The number of hydrogen-bond donors (Lipinski definition) is 2. The van der Waals surface area contributed by atoms with Crippen LogP contribution in [0.5, 0.6) is 5.75 Å². The molecule has 1 aliphatic rings. The molecule has 0 bridgehead atoms. The maximum atomic E-state index is 14.7. The number of nitrogens with zero attached hydrogens (tertiary/aromatic N) is 3. The van der Waals surface area contributed by atoms with Crippen molar-refractivity contribution >= 4 is 16.6 Å². The molecule has 1 fully saturated rings. The summed E-state index contributed by atoms with van der Waals surface area (Å²) in [6.45, 7) is 1.05. The Morgan fingerprint density at radius 1 is 1.25 bits per heavy atom. The molecule has 28 heavy (non-hydrogen) atoms. The monoisotopic (exact) mass is 386 g/mol. The summed E-state index contributed by atoms with van der Waals surface area (Å²) in [7, 11) is 1.48. The first kappa shape index (κ1) is 18.1. The van der Waals surface area contributed by atoms with Crippen LogP contribution in [0.1, 0.15) is 6.42 Å². The van der Waals surface area contributed by atoms with Crippen molar-refractivity contribution in [1.29, 1.82) is 0 Å². The normalized spacial score (nSPS) is 16.7. The van der Waals surface area contributed by atoms with E-state index in [4.69, 9.17) is 10.5 Å². The molecule has 2 aromatic carbocycles. The predicted octanol–water partition coefficient (Wildman–Crippen LogP) is 1.07. The van der Waals surface area contributed by atoms with Crippen LogP contribution in [-0.4, -0.2) is 40.7 Å². The summed E-state index contributed by atoms with van der Waals surface area (Å²) >= 11 is 0. The third-order valence-corrected chi connectivity index (χ3v) is 4.98. The molecule has 9 heteroatoms. The van der Waals surface area contributed by atoms with Gasteiger partial charge in [0.25, 0.3) is 5.56 Å². The molecular weight excluding hydrogens is 367 g/mol.